The Morgan fingerprint density at radius 2 is 1.89 bits per heavy atom. The third-order valence-electron chi connectivity index (χ3n) is 2.29. The predicted octanol–water partition coefficient (Wildman–Crippen LogP) is 3.56. The molecule has 0 aromatic heterocycles. The summed E-state index contributed by atoms with van der Waals surface area (Å²) < 4.78 is 43.5. The van der Waals surface area contributed by atoms with E-state index in [9.17, 15) is 13.2 Å². The van der Waals surface area contributed by atoms with Gasteiger partial charge >= 0.3 is 6.30 Å². The van der Waals surface area contributed by atoms with Crippen LogP contribution in [0.3, 0.4) is 0 Å². The fourth-order valence-electron chi connectivity index (χ4n) is 1.50. The average Bonchev–Trinajstić information content (AvgIpc) is 2.28. The first-order valence-corrected chi connectivity index (χ1v) is 5.59. The molecule has 0 spiro atoms. The van der Waals surface area contributed by atoms with Crippen LogP contribution in [0.25, 0.3) is 0 Å². The minimum atomic E-state index is -4.41. The van der Waals surface area contributed by atoms with Gasteiger partial charge < -0.3 is 4.74 Å². The SMILES string of the molecule is C=C(CN(Cc1ccccc1)C(F)(F)F)OCC. The van der Waals surface area contributed by atoms with Gasteiger partial charge in [-0.25, -0.2) is 4.90 Å². The standard InChI is InChI=1S/C13H16F3NO/c1-3-18-11(2)9-17(13(14,15)16)10-12-7-5-4-6-8-12/h4-8H,2-3,9-10H2,1H3. The summed E-state index contributed by atoms with van der Waals surface area (Å²) in [7, 11) is 0. The van der Waals surface area contributed by atoms with Crippen LogP contribution in [-0.2, 0) is 11.3 Å². The third kappa shape index (κ3) is 4.79. The minimum absolute atomic E-state index is 0.116. The molecule has 18 heavy (non-hydrogen) atoms. The van der Waals surface area contributed by atoms with E-state index in [1.165, 1.54) is 0 Å². The summed E-state index contributed by atoms with van der Waals surface area (Å²) in [6.45, 7) is 4.93. The van der Waals surface area contributed by atoms with Gasteiger partial charge in [0.05, 0.1) is 13.2 Å². The smallest absolute Gasteiger partial charge is 0.460 e. The summed E-state index contributed by atoms with van der Waals surface area (Å²) in [5.74, 6) is 0.116. The quantitative estimate of drug-likeness (QED) is 0.572. The Bertz CT molecular complexity index is 376. The van der Waals surface area contributed by atoms with Crippen LogP contribution < -0.4 is 0 Å². The predicted molar refractivity (Wildman–Crippen MR) is 63.7 cm³/mol. The third-order valence-corrected chi connectivity index (χ3v) is 2.29. The zero-order valence-corrected chi connectivity index (χ0v) is 10.2. The molecule has 0 aliphatic carbocycles. The summed E-state index contributed by atoms with van der Waals surface area (Å²) in [5.41, 5.74) is 0.596. The maximum atomic E-state index is 12.8. The van der Waals surface area contributed by atoms with Crippen molar-refractivity contribution < 1.29 is 17.9 Å². The Kier molecular flexibility index (Phi) is 5.22. The zero-order valence-electron chi connectivity index (χ0n) is 10.2. The van der Waals surface area contributed by atoms with E-state index in [1.807, 2.05) is 0 Å². The van der Waals surface area contributed by atoms with Gasteiger partial charge in [-0.1, -0.05) is 36.9 Å². The second-order valence-corrected chi connectivity index (χ2v) is 3.78. The Balaban J connectivity index is 2.71. The van der Waals surface area contributed by atoms with Gasteiger partial charge in [0.2, 0.25) is 0 Å². The Hall–Kier alpha value is -1.49. The maximum Gasteiger partial charge on any atom is 0.460 e. The number of nitrogens with zero attached hydrogens (tertiary/aromatic N) is 1. The van der Waals surface area contributed by atoms with Gasteiger partial charge in [-0.3, -0.25) is 0 Å². The van der Waals surface area contributed by atoms with E-state index >= 15 is 0 Å². The van der Waals surface area contributed by atoms with Crippen LogP contribution in [0.4, 0.5) is 13.2 Å². The zero-order chi connectivity index (χ0) is 13.6. The summed E-state index contributed by atoms with van der Waals surface area (Å²) >= 11 is 0. The Morgan fingerprint density at radius 3 is 2.39 bits per heavy atom. The lowest BCUT2D eigenvalue weighted by atomic mass is 10.2. The minimum Gasteiger partial charge on any atom is -0.497 e. The van der Waals surface area contributed by atoms with E-state index in [1.54, 1.807) is 37.3 Å². The van der Waals surface area contributed by atoms with Gasteiger partial charge in [0.25, 0.3) is 0 Å². The first kappa shape index (κ1) is 14.6. The molecule has 0 atom stereocenters. The van der Waals surface area contributed by atoms with Crippen molar-refractivity contribution in [2.75, 3.05) is 13.2 Å². The van der Waals surface area contributed by atoms with Crippen LogP contribution in [0.2, 0.25) is 0 Å². The summed E-state index contributed by atoms with van der Waals surface area (Å²) in [6, 6.07) is 8.49. The van der Waals surface area contributed by atoms with E-state index in [0.717, 1.165) is 0 Å². The number of halogens is 3. The van der Waals surface area contributed by atoms with Crippen molar-refractivity contribution in [2.24, 2.45) is 0 Å². The molecule has 5 heteroatoms. The number of hydrogen-bond acceptors (Lipinski definition) is 2. The lowest BCUT2D eigenvalue weighted by Crippen LogP contribution is -2.39. The first-order valence-electron chi connectivity index (χ1n) is 5.59. The maximum absolute atomic E-state index is 12.8. The molecule has 1 aromatic rings. The highest BCUT2D eigenvalue weighted by Gasteiger charge is 2.37. The van der Waals surface area contributed by atoms with Crippen LogP contribution in [0, 0.1) is 0 Å². The highest BCUT2D eigenvalue weighted by Crippen LogP contribution is 2.24. The average molecular weight is 259 g/mol. The van der Waals surface area contributed by atoms with Crippen LogP contribution in [0.5, 0.6) is 0 Å². The van der Waals surface area contributed by atoms with Crippen LogP contribution >= 0.6 is 0 Å². The molecule has 0 saturated heterocycles. The van der Waals surface area contributed by atoms with Crippen molar-refractivity contribution in [3.8, 4) is 0 Å². The summed E-state index contributed by atoms with van der Waals surface area (Å²) in [5, 5.41) is 0. The van der Waals surface area contributed by atoms with Gasteiger partial charge in [-0.05, 0) is 12.5 Å². The van der Waals surface area contributed by atoms with Crippen molar-refractivity contribution in [3.05, 3.63) is 48.2 Å². The Labute approximate surface area is 105 Å². The van der Waals surface area contributed by atoms with Crippen LogP contribution in [-0.4, -0.2) is 24.4 Å². The molecule has 0 bridgehead atoms. The monoisotopic (exact) mass is 259 g/mol. The molecule has 0 amide bonds. The molecule has 0 aliphatic rings. The lowest BCUT2D eigenvalue weighted by Gasteiger charge is -2.25. The van der Waals surface area contributed by atoms with Gasteiger partial charge in [0.1, 0.15) is 5.76 Å². The molecule has 0 saturated carbocycles. The highest BCUT2D eigenvalue weighted by atomic mass is 19.4. The van der Waals surface area contributed by atoms with Gasteiger partial charge in [-0.15, -0.1) is 0 Å². The molecule has 1 aromatic carbocycles. The van der Waals surface area contributed by atoms with Crippen molar-refractivity contribution in [1.29, 1.82) is 0 Å². The normalized spacial score (nSPS) is 11.6. The van der Waals surface area contributed by atoms with Crippen molar-refractivity contribution in [1.82, 2.24) is 4.90 Å². The molecule has 1 rings (SSSR count). The molecule has 0 heterocycles. The molecule has 100 valence electrons. The fraction of sp³-hybridized carbons (Fsp3) is 0.385. The molecule has 0 fully saturated rings. The summed E-state index contributed by atoms with van der Waals surface area (Å²) in [4.78, 5) is 0.375. The lowest BCUT2D eigenvalue weighted by molar-refractivity contribution is -0.248. The molecule has 0 aliphatic heterocycles. The second-order valence-electron chi connectivity index (χ2n) is 3.78. The van der Waals surface area contributed by atoms with Crippen molar-refractivity contribution >= 4 is 0 Å². The van der Waals surface area contributed by atoms with Crippen LogP contribution in [0.15, 0.2) is 42.7 Å². The summed E-state index contributed by atoms with van der Waals surface area (Å²) in [6.07, 6.45) is -4.41. The van der Waals surface area contributed by atoms with E-state index in [2.05, 4.69) is 6.58 Å². The molecule has 2 nitrogen and oxygen atoms in total. The van der Waals surface area contributed by atoms with Crippen LogP contribution in [0.1, 0.15) is 12.5 Å². The van der Waals surface area contributed by atoms with Gasteiger partial charge in [0, 0.05) is 6.54 Å². The molecule has 0 radical (unpaired) electrons. The largest absolute Gasteiger partial charge is 0.497 e. The number of alkyl halides is 3. The van der Waals surface area contributed by atoms with Gasteiger partial charge in [0.15, 0.2) is 0 Å². The molecule has 0 N–H and O–H groups in total. The first-order chi connectivity index (χ1) is 8.43. The number of rotatable bonds is 6. The van der Waals surface area contributed by atoms with E-state index in [-0.39, 0.29) is 18.8 Å². The number of hydrogen-bond donors (Lipinski definition) is 0. The van der Waals surface area contributed by atoms with E-state index < -0.39 is 6.30 Å². The van der Waals surface area contributed by atoms with E-state index in [4.69, 9.17) is 4.74 Å². The molecule has 0 unspecified atom stereocenters. The van der Waals surface area contributed by atoms with Crippen molar-refractivity contribution in [3.63, 3.8) is 0 Å². The number of ether oxygens (including phenoxy) is 1. The topological polar surface area (TPSA) is 12.5 Å². The second kappa shape index (κ2) is 6.44. The number of benzene rings is 1. The highest BCUT2D eigenvalue weighted by molar-refractivity contribution is 5.14. The van der Waals surface area contributed by atoms with Crippen molar-refractivity contribution in [2.45, 2.75) is 19.8 Å². The fourth-order valence-corrected chi connectivity index (χ4v) is 1.50. The Morgan fingerprint density at radius 1 is 1.28 bits per heavy atom. The molecular weight excluding hydrogens is 243 g/mol. The molecular formula is C13H16F3NO. The van der Waals surface area contributed by atoms with Gasteiger partial charge in [-0.2, -0.15) is 13.2 Å². The van der Waals surface area contributed by atoms with E-state index in [0.29, 0.717) is 17.1 Å².